The average Bonchev–Trinajstić information content (AvgIpc) is 2.86. The maximum atomic E-state index is 12.2. The van der Waals surface area contributed by atoms with E-state index in [0.29, 0.717) is 11.8 Å². The van der Waals surface area contributed by atoms with Crippen LogP contribution in [-0.4, -0.2) is 27.5 Å². The van der Waals surface area contributed by atoms with Crippen LogP contribution < -0.4 is 5.43 Å². The van der Waals surface area contributed by atoms with E-state index in [4.69, 9.17) is 4.42 Å². The number of rotatable bonds is 18. The molecule has 36 heavy (non-hydrogen) atoms. The molecule has 0 saturated carbocycles. The number of allylic oxidation sites excluding steroid dienone is 3. The highest BCUT2D eigenvalue weighted by Gasteiger charge is 2.18. The number of carbonyl (C=O) groups is 1. The van der Waals surface area contributed by atoms with Crippen molar-refractivity contribution in [2.45, 2.75) is 107 Å². The van der Waals surface area contributed by atoms with Crippen LogP contribution in [0.3, 0.4) is 0 Å². The van der Waals surface area contributed by atoms with Gasteiger partial charge in [0.05, 0.1) is 16.7 Å². The van der Waals surface area contributed by atoms with Gasteiger partial charge in [0.25, 0.3) is 0 Å². The van der Waals surface area contributed by atoms with E-state index in [2.05, 4.69) is 26.0 Å². The summed E-state index contributed by atoms with van der Waals surface area (Å²) in [6.07, 6.45) is 22.0. The van der Waals surface area contributed by atoms with Crippen LogP contribution in [0.1, 0.15) is 101 Å². The lowest BCUT2D eigenvalue weighted by Gasteiger charge is -2.19. The van der Waals surface area contributed by atoms with Crippen LogP contribution in [0.25, 0.3) is 11.0 Å². The lowest BCUT2D eigenvalue weighted by molar-refractivity contribution is 0.0663. The van der Waals surface area contributed by atoms with Crippen LogP contribution in [0, 0.1) is 0 Å². The fraction of sp³-hybridized carbons (Fsp3) is 0.533. The zero-order valence-electron chi connectivity index (χ0n) is 21.8. The topological polar surface area (TPSA) is 87.7 Å². The molecule has 2 N–H and O–H groups in total. The van der Waals surface area contributed by atoms with Crippen LogP contribution in [0.2, 0.25) is 0 Å². The second kappa shape index (κ2) is 17.2. The van der Waals surface area contributed by atoms with E-state index in [1.807, 2.05) is 18.2 Å². The molecule has 0 bridgehead atoms. The van der Waals surface area contributed by atoms with Crippen LogP contribution in [0.5, 0.6) is 0 Å². The Morgan fingerprint density at radius 1 is 0.972 bits per heavy atom. The molecule has 2 rings (SSSR count). The summed E-state index contributed by atoms with van der Waals surface area (Å²) in [5, 5.41) is 20.2. The highest BCUT2D eigenvalue weighted by atomic mass is 32.2. The first kappa shape index (κ1) is 29.9. The van der Waals surface area contributed by atoms with Crippen LogP contribution >= 0.6 is 11.8 Å². The van der Waals surface area contributed by atoms with Gasteiger partial charge in [-0.15, -0.1) is 11.8 Å². The van der Waals surface area contributed by atoms with Gasteiger partial charge >= 0.3 is 5.97 Å². The number of unbranched alkanes of at least 4 members (excludes halogenated alkanes) is 9. The molecular formula is C30H42O5S. The minimum absolute atomic E-state index is 0.170. The van der Waals surface area contributed by atoms with E-state index < -0.39 is 12.1 Å². The number of thioether (sulfide) groups is 1. The van der Waals surface area contributed by atoms with Gasteiger partial charge in [-0.1, -0.05) is 95.9 Å². The van der Waals surface area contributed by atoms with Gasteiger partial charge in [-0.3, -0.25) is 4.79 Å². The molecule has 0 saturated heterocycles. The molecule has 1 heterocycles. The Labute approximate surface area is 219 Å². The number of aliphatic hydroxyl groups is 1. The molecular weight excluding hydrogens is 472 g/mol. The summed E-state index contributed by atoms with van der Waals surface area (Å²) in [7, 11) is 0. The Morgan fingerprint density at radius 3 is 2.36 bits per heavy atom. The monoisotopic (exact) mass is 514 g/mol. The third-order valence-electron chi connectivity index (χ3n) is 6.19. The molecule has 6 heteroatoms. The SMILES string of the molecule is CCCCCCCCCCC=CC=C[C@@H](Sc1ccc2c(=O)cc(C(=O)O)oc2c1)[C@@H](O)CCCC. The number of benzene rings is 1. The summed E-state index contributed by atoms with van der Waals surface area (Å²) in [6.45, 7) is 4.35. The number of aromatic carboxylic acids is 1. The predicted molar refractivity (Wildman–Crippen MR) is 150 cm³/mol. The lowest BCUT2D eigenvalue weighted by atomic mass is 10.1. The van der Waals surface area contributed by atoms with Crippen molar-refractivity contribution < 1.29 is 19.4 Å². The van der Waals surface area contributed by atoms with Crippen molar-refractivity contribution in [3.63, 3.8) is 0 Å². The molecule has 0 spiro atoms. The average molecular weight is 515 g/mol. The molecule has 0 aliphatic carbocycles. The standard InChI is InChI=1S/C30H42O5S/c1-3-5-7-8-9-10-11-12-13-14-15-16-18-29(25(31)17-6-4-2)36-23-19-20-24-26(32)22-28(30(33)34)35-27(24)21-23/h14-16,18-22,25,29,31H,3-13,17H2,1-2H3,(H,33,34)/t25-,29+/m0/s1. The summed E-state index contributed by atoms with van der Waals surface area (Å²) in [4.78, 5) is 24.3. The minimum atomic E-state index is -1.28. The third-order valence-corrected chi connectivity index (χ3v) is 7.46. The zero-order chi connectivity index (χ0) is 26.2. The number of fused-ring (bicyclic) bond motifs is 1. The summed E-state index contributed by atoms with van der Waals surface area (Å²) in [6, 6.07) is 6.14. The van der Waals surface area contributed by atoms with E-state index in [9.17, 15) is 19.8 Å². The second-order valence-electron chi connectivity index (χ2n) is 9.31. The van der Waals surface area contributed by atoms with E-state index in [1.165, 1.54) is 63.1 Å². The Balaban J connectivity index is 1.97. The highest BCUT2D eigenvalue weighted by molar-refractivity contribution is 8.00. The summed E-state index contributed by atoms with van der Waals surface area (Å²) < 4.78 is 5.42. The van der Waals surface area contributed by atoms with Gasteiger partial charge < -0.3 is 14.6 Å². The number of hydrogen-bond acceptors (Lipinski definition) is 5. The molecule has 0 fully saturated rings. The van der Waals surface area contributed by atoms with Gasteiger partial charge in [-0.2, -0.15) is 0 Å². The molecule has 1 aromatic heterocycles. The van der Waals surface area contributed by atoms with Crippen molar-refractivity contribution >= 4 is 28.7 Å². The molecule has 0 radical (unpaired) electrons. The van der Waals surface area contributed by atoms with Gasteiger partial charge in [0, 0.05) is 11.0 Å². The smallest absolute Gasteiger partial charge is 0.371 e. The normalized spacial score (nSPS) is 13.6. The van der Waals surface area contributed by atoms with Crippen molar-refractivity contribution in [1.29, 1.82) is 0 Å². The molecule has 0 unspecified atom stereocenters. The Hall–Kier alpha value is -2.31. The molecule has 1 aromatic carbocycles. The van der Waals surface area contributed by atoms with Gasteiger partial charge in [0.15, 0.2) is 5.43 Å². The third kappa shape index (κ3) is 10.8. The summed E-state index contributed by atoms with van der Waals surface area (Å²) in [5.74, 6) is -1.66. The second-order valence-corrected chi connectivity index (χ2v) is 10.6. The quantitative estimate of drug-likeness (QED) is 0.119. The first-order valence-corrected chi connectivity index (χ1v) is 14.3. The van der Waals surface area contributed by atoms with E-state index in [0.717, 1.165) is 30.2 Å². The molecule has 2 aromatic rings. The predicted octanol–water partition coefficient (Wildman–Crippen LogP) is 8.15. The minimum Gasteiger partial charge on any atom is -0.475 e. The van der Waals surface area contributed by atoms with Crippen molar-refractivity contribution in [1.82, 2.24) is 0 Å². The largest absolute Gasteiger partial charge is 0.475 e. The Bertz CT molecular complexity index is 1040. The van der Waals surface area contributed by atoms with Crippen LogP contribution in [-0.2, 0) is 0 Å². The van der Waals surface area contributed by atoms with Gasteiger partial charge in [-0.25, -0.2) is 4.79 Å². The summed E-state index contributed by atoms with van der Waals surface area (Å²) >= 11 is 1.48. The summed E-state index contributed by atoms with van der Waals surface area (Å²) in [5.41, 5.74) is -0.146. The number of carboxylic acids is 1. The van der Waals surface area contributed by atoms with Crippen LogP contribution in [0.4, 0.5) is 0 Å². The van der Waals surface area contributed by atoms with E-state index in [1.54, 1.807) is 12.1 Å². The van der Waals surface area contributed by atoms with Crippen molar-refractivity contribution in [3.8, 4) is 0 Å². The molecule has 5 nitrogen and oxygen atoms in total. The van der Waals surface area contributed by atoms with Crippen LogP contribution in [0.15, 0.2) is 62.7 Å². The number of hydrogen-bond donors (Lipinski definition) is 2. The highest BCUT2D eigenvalue weighted by Crippen LogP contribution is 2.30. The maximum absolute atomic E-state index is 12.2. The Kier molecular flexibility index (Phi) is 14.3. The maximum Gasteiger partial charge on any atom is 0.371 e. The van der Waals surface area contributed by atoms with Gasteiger partial charge in [-0.05, 0) is 37.5 Å². The number of carboxylic acid groups (broad SMARTS) is 1. The zero-order valence-corrected chi connectivity index (χ0v) is 22.6. The fourth-order valence-corrected chi connectivity index (χ4v) is 5.14. The molecule has 0 aliphatic heterocycles. The van der Waals surface area contributed by atoms with Crippen molar-refractivity contribution in [2.24, 2.45) is 0 Å². The molecule has 0 aliphatic rings. The molecule has 198 valence electrons. The fourth-order valence-electron chi connectivity index (χ4n) is 4.04. The van der Waals surface area contributed by atoms with E-state index >= 15 is 0 Å². The van der Waals surface area contributed by atoms with E-state index in [-0.39, 0.29) is 22.0 Å². The first-order valence-electron chi connectivity index (χ1n) is 13.5. The first-order chi connectivity index (χ1) is 17.5. The van der Waals surface area contributed by atoms with Crippen molar-refractivity contribution in [2.75, 3.05) is 0 Å². The molecule has 2 atom stereocenters. The van der Waals surface area contributed by atoms with Crippen molar-refractivity contribution in [3.05, 3.63) is 64.6 Å². The Morgan fingerprint density at radius 2 is 1.67 bits per heavy atom. The number of aliphatic hydroxyl groups excluding tert-OH is 1. The lowest BCUT2D eigenvalue weighted by Crippen LogP contribution is -2.20. The van der Waals surface area contributed by atoms with Gasteiger partial charge in [0.2, 0.25) is 5.76 Å². The van der Waals surface area contributed by atoms with Gasteiger partial charge in [0.1, 0.15) is 5.58 Å². The molecule has 0 amide bonds.